The first-order valence-electron chi connectivity index (χ1n) is 7.29. The van der Waals surface area contributed by atoms with Crippen molar-refractivity contribution < 1.29 is 0 Å². The maximum Gasteiger partial charge on any atom is 0.222 e. The van der Waals surface area contributed by atoms with Crippen molar-refractivity contribution in [2.45, 2.75) is 19.4 Å². The maximum absolute atomic E-state index is 8.82. The van der Waals surface area contributed by atoms with Crippen molar-refractivity contribution >= 4 is 17.5 Å². The van der Waals surface area contributed by atoms with E-state index in [2.05, 4.69) is 25.4 Å². The van der Waals surface area contributed by atoms with Gasteiger partial charge in [-0.25, -0.2) is 14.6 Å². The van der Waals surface area contributed by atoms with Crippen LogP contribution >= 0.6 is 11.6 Å². The Morgan fingerprint density at radius 1 is 1.29 bits per heavy atom. The van der Waals surface area contributed by atoms with Gasteiger partial charge in [-0.2, -0.15) is 10.4 Å². The molecule has 0 amide bonds. The van der Waals surface area contributed by atoms with Crippen molar-refractivity contribution in [3.05, 3.63) is 59.4 Å². The normalized spacial score (nSPS) is 11.7. The van der Waals surface area contributed by atoms with Gasteiger partial charge in [0.15, 0.2) is 0 Å². The van der Waals surface area contributed by atoms with E-state index in [1.165, 1.54) is 6.20 Å². The summed E-state index contributed by atoms with van der Waals surface area (Å²) in [5, 5.41) is 16.8. The van der Waals surface area contributed by atoms with Gasteiger partial charge in [0.05, 0.1) is 34.9 Å². The van der Waals surface area contributed by atoms with Gasteiger partial charge in [-0.3, -0.25) is 4.98 Å². The molecule has 1 unspecified atom stereocenters. The van der Waals surface area contributed by atoms with Crippen molar-refractivity contribution in [3.8, 4) is 11.8 Å². The van der Waals surface area contributed by atoms with Crippen molar-refractivity contribution in [2.75, 3.05) is 5.32 Å². The maximum atomic E-state index is 8.82. The topological polar surface area (TPSA) is 92.3 Å². The third kappa shape index (κ3) is 3.67. The van der Waals surface area contributed by atoms with E-state index in [-0.39, 0.29) is 6.04 Å². The van der Waals surface area contributed by atoms with Gasteiger partial charge in [-0.15, -0.1) is 0 Å². The van der Waals surface area contributed by atoms with E-state index in [1.54, 1.807) is 35.5 Å². The zero-order valence-electron chi connectivity index (χ0n) is 12.9. The Kier molecular flexibility index (Phi) is 4.68. The number of anilines is 1. The van der Waals surface area contributed by atoms with Gasteiger partial charge in [0.1, 0.15) is 11.8 Å². The number of halogens is 1. The van der Waals surface area contributed by atoms with Crippen LogP contribution in [-0.2, 0) is 6.42 Å². The second-order valence-corrected chi connectivity index (χ2v) is 5.64. The van der Waals surface area contributed by atoms with Crippen LogP contribution in [0.2, 0.25) is 5.02 Å². The minimum absolute atomic E-state index is 0.0677. The first-order chi connectivity index (χ1) is 11.7. The molecule has 3 heterocycles. The molecule has 3 aromatic rings. The third-order valence-corrected chi connectivity index (χ3v) is 3.67. The second kappa shape index (κ2) is 7.06. The van der Waals surface area contributed by atoms with E-state index in [0.29, 0.717) is 28.6 Å². The summed E-state index contributed by atoms with van der Waals surface area (Å²) in [6, 6.07) is 5.72. The van der Waals surface area contributed by atoms with Crippen LogP contribution in [0.3, 0.4) is 0 Å². The fourth-order valence-electron chi connectivity index (χ4n) is 2.17. The van der Waals surface area contributed by atoms with Crippen LogP contribution in [0.15, 0.2) is 43.1 Å². The Labute approximate surface area is 144 Å². The molecule has 3 aromatic heterocycles. The molecule has 0 saturated carbocycles. The minimum Gasteiger partial charge on any atom is -0.351 e. The number of hydrogen-bond donors (Lipinski definition) is 1. The summed E-state index contributed by atoms with van der Waals surface area (Å²) in [7, 11) is 0. The third-order valence-electron chi connectivity index (χ3n) is 3.32. The average Bonchev–Trinajstić information content (AvgIpc) is 3.07. The molecule has 24 heavy (non-hydrogen) atoms. The van der Waals surface area contributed by atoms with Crippen LogP contribution < -0.4 is 5.32 Å². The van der Waals surface area contributed by atoms with Gasteiger partial charge in [-0.05, 0) is 19.1 Å². The van der Waals surface area contributed by atoms with Crippen molar-refractivity contribution in [1.29, 1.82) is 5.26 Å². The molecule has 0 spiro atoms. The summed E-state index contributed by atoms with van der Waals surface area (Å²) in [4.78, 5) is 12.8. The molecule has 0 aliphatic carbocycles. The van der Waals surface area contributed by atoms with Gasteiger partial charge in [0, 0.05) is 24.9 Å². The van der Waals surface area contributed by atoms with Crippen LogP contribution in [0.4, 0.5) is 5.95 Å². The van der Waals surface area contributed by atoms with Crippen LogP contribution in [0.5, 0.6) is 0 Å². The Bertz CT molecular complexity index is 867. The Morgan fingerprint density at radius 3 is 2.75 bits per heavy atom. The first-order valence-corrected chi connectivity index (χ1v) is 7.66. The van der Waals surface area contributed by atoms with Gasteiger partial charge in [-0.1, -0.05) is 11.6 Å². The Balaban J connectivity index is 1.65. The fraction of sp³-hybridized carbons (Fsp3) is 0.188. The highest BCUT2D eigenvalue weighted by Gasteiger charge is 2.09. The molecule has 0 saturated heterocycles. The van der Waals surface area contributed by atoms with E-state index >= 15 is 0 Å². The molecular weight excluding hydrogens is 326 g/mol. The van der Waals surface area contributed by atoms with E-state index < -0.39 is 0 Å². The lowest BCUT2D eigenvalue weighted by Crippen LogP contribution is -2.20. The summed E-state index contributed by atoms with van der Waals surface area (Å²) < 4.78 is 1.55. The molecule has 3 rings (SSSR count). The molecule has 0 bridgehead atoms. The number of hydrogen-bond acceptors (Lipinski definition) is 6. The molecule has 120 valence electrons. The predicted octanol–water partition coefficient (Wildman–Crippen LogP) is 2.63. The lowest BCUT2D eigenvalue weighted by atomic mass is 10.1. The van der Waals surface area contributed by atoms with Crippen molar-refractivity contribution in [1.82, 2.24) is 24.7 Å². The molecular formula is C16H14ClN7. The van der Waals surface area contributed by atoms with E-state index in [9.17, 15) is 0 Å². The average molecular weight is 340 g/mol. The molecule has 0 fully saturated rings. The summed E-state index contributed by atoms with van der Waals surface area (Å²) in [5.41, 5.74) is 2.00. The van der Waals surface area contributed by atoms with Gasteiger partial charge in [0.2, 0.25) is 5.95 Å². The van der Waals surface area contributed by atoms with Crippen LogP contribution in [0.25, 0.3) is 5.69 Å². The number of nitriles is 1. The number of rotatable bonds is 5. The number of pyridine rings is 1. The monoisotopic (exact) mass is 339 g/mol. The Morgan fingerprint density at radius 2 is 2.08 bits per heavy atom. The molecule has 0 aliphatic rings. The van der Waals surface area contributed by atoms with E-state index in [1.807, 2.05) is 19.1 Å². The van der Waals surface area contributed by atoms with E-state index in [4.69, 9.17) is 16.9 Å². The van der Waals surface area contributed by atoms with Crippen LogP contribution in [0.1, 0.15) is 18.2 Å². The van der Waals surface area contributed by atoms with Gasteiger partial charge >= 0.3 is 0 Å². The summed E-state index contributed by atoms with van der Waals surface area (Å²) >= 11 is 6.12. The molecule has 8 heteroatoms. The number of nitrogens with zero attached hydrogens (tertiary/aromatic N) is 6. The lowest BCUT2D eigenvalue weighted by Gasteiger charge is -2.14. The summed E-state index contributed by atoms with van der Waals surface area (Å²) in [6.07, 6.45) is 8.78. The molecule has 1 N–H and O–H groups in total. The molecule has 0 aromatic carbocycles. The Hall–Kier alpha value is -2.98. The second-order valence-electron chi connectivity index (χ2n) is 5.23. The lowest BCUT2D eigenvalue weighted by molar-refractivity contribution is 0.757. The van der Waals surface area contributed by atoms with E-state index in [0.717, 1.165) is 5.69 Å². The van der Waals surface area contributed by atoms with Crippen LogP contribution in [0, 0.1) is 11.3 Å². The molecule has 0 aliphatic heterocycles. The zero-order chi connectivity index (χ0) is 16.9. The van der Waals surface area contributed by atoms with Crippen molar-refractivity contribution in [2.24, 2.45) is 0 Å². The van der Waals surface area contributed by atoms with Gasteiger partial charge < -0.3 is 5.32 Å². The highest BCUT2D eigenvalue weighted by molar-refractivity contribution is 6.31. The predicted molar refractivity (Wildman–Crippen MR) is 89.9 cm³/mol. The highest BCUT2D eigenvalue weighted by Crippen LogP contribution is 2.15. The number of nitrogens with one attached hydrogen (secondary N) is 1. The molecule has 0 radical (unpaired) electrons. The van der Waals surface area contributed by atoms with Crippen LogP contribution in [-0.4, -0.2) is 30.8 Å². The van der Waals surface area contributed by atoms with Crippen molar-refractivity contribution in [3.63, 3.8) is 0 Å². The minimum atomic E-state index is 0.0677. The summed E-state index contributed by atoms with van der Waals surface area (Å²) in [6.45, 7) is 2.01. The molecule has 7 nitrogen and oxygen atoms in total. The van der Waals surface area contributed by atoms with Gasteiger partial charge in [0.25, 0.3) is 0 Å². The molecule has 1 atom stereocenters. The fourth-order valence-corrected chi connectivity index (χ4v) is 2.36. The zero-order valence-corrected chi connectivity index (χ0v) is 13.6. The SMILES string of the molecule is CC(Cc1ncccc1Cl)Nc1ncc(-n2cc(C#N)cn2)cn1. The number of aromatic nitrogens is 5. The highest BCUT2D eigenvalue weighted by atomic mass is 35.5. The largest absolute Gasteiger partial charge is 0.351 e. The standard InChI is InChI=1S/C16H14ClN7/c1-11(5-15-14(17)3-2-4-19-15)23-16-20-8-13(9-21-16)24-10-12(6-18)7-22-24/h2-4,7-11H,5H2,1H3,(H,20,21,23). The summed E-state index contributed by atoms with van der Waals surface area (Å²) in [5.74, 6) is 0.506. The quantitative estimate of drug-likeness (QED) is 0.768. The first kappa shape index (κ1) is 15.9. The smallest absolute Gasteiger partial charge is 0.222 e.